The van der Waals surface area contributed by atoms with Gasteiger partial charge >= 0.3 is 12.1 Å². The summed E-state index contributed by atoms with van der Waals surface area (Å²) in [6.45, 7) is 0.601. The summed E-state index contributed by atoms with van der Waals surface area (Å²) in [5.74, 6) is -1.18. The van der Waals surface area contributed by atoms with Gasteiger partial charge in [-0.05, 0) is 40.8 Å². The maximum absolute atomic E-state index is 12.9. The van der Waals surface area contributed by atoms with Crippen molar-refractivity contribution in [3.05, 3.63) is 89.7 Å². The van der Waals surface area contributed by atoms with Crippen LogP contribution in [-0.4, -0.2) is 52.4 Å². The van der Waals surface area contributed by atoms with E-state index in [1.807, 2.05) is 48.5 Å². The van der Waals surface area contributed by atoms with Gasteiger partial charge in [0.1, 0.15) is 6.61 Å². The Bertz CT molecular complexity index is 1120. The van der Waals surface area contributed by atoms with Crippen molar-refractivity contribution in [2.24, 2.45) is 0 Å². The Hall–Kier alpha value is -3.71. The van der Waals surface area contributed by atoms with Crippen molar-refractivity contribution in [2.45, 2.75) is 31.1 Å². The molecule has 2 aliphatic rings. The van der Waals surface area contributed by atoms with Crippen molar-refractivity contribution < 1.29 is 24.2 Å². The molecule has 1 fully saturated rings. The molecular weight excluding hydrogens is 420 g/mol. The second kappa shape index (κ2) is 9.03. The number of carbonyl (C=O) groups is 2. The number of aromatic nitrogens is 1. The maximum atomic E-state index is 12.9. The van der Waals surface area contributed by atoms with Crippen LogP contribution in [0.3, 0.4) is 0 Å². The fourth-order valence-corrected chi connectivity index (χ4v) is 4.79. The summed E-state index contributed by atoms with van der Waals surface area (Å²) in [6.07, 6.45) is 0.831. The van der Waals surface area contributed by atoms with Gasteiger partial charge in [-0.1, -0.05) is 54.6 Å². The molecule has 33 heavy (non-hydrogen) atoms. The molecule has 0 bridgehead atoms. The summed E-state index contributed by atoms with van der Waals surface area (Å²) >= 11 is 0. The molecule has 1 amide bonds. The van der Waals surface area contributed by atoms with Crippen LogP contribution >= 0.6 is 0 Å². The Kier molecular flexibility index (Phi) is 5.79. The van der Waals surface area contributed by atoms with Crippen LogP contribution in [-0.2, 0) is 20.9 Å². The minimum Gasteiger partial charge on any atom is -0.480 e. The number of hydrogen-bond donors (Lipinski definition) is 1. The molecule has 2 aromatic carbocycles. The Morgan fingerprint density at radius 2 is 1.64 bits per heavy atom. The third-order valence-electron chi connectivity index (χ3n) is 6.34. The number of fused-ring (bicyclic) bond motifs is 3. The van der Waals surface area contributed by atoms with Crippen molar-refractivity contribution in [1.82, 2.24) is 9.88 Å². The summed E-state index contributed by atoms with van der Waals surface area (Å²) in [5.41, 5.74) is 5.21. The molecule has 168 valence electrons. The standard InChI is InChI=1S/C26H24N2O5/c29-25(30)24-23(32-15-17-7-5-6-13-27-17)12-14-28(24)26(31)33-16-22-20-10-3-1-8-18(20)19-9-2-4-11-21(19)22/h1-11,13,22-24H,12,14-16H2,(H,29,30)/t23-,24+/m0/s1. The lowest BCUT2D eigenvalue weighted by atomic mass is 9.98. The lowest BCUT2D eigenvalue weighted by Crippen LogP contribution is -2.46. The Morgan fingerprint density at radius 3 is 2.27 bits per heavy atom. The van der Waals surface area contributed by atoms with Crippen LogP contribution in [0.15, 0.2) is 72.9 Å². The second-order valence-electron chi connectivity index (χ2n) is 8.24. The summed E-state index contributed by atoms with van der Waals surface area (Å²) in [7, 11) is 0. The van der Waals surface area contributed by atoms with E-state index in [0.717, 1.165) is 22.3 Å². The van der Waals surface area contributed by atoms with E-state index in [2.05, 4.69) is 17.1 Å². The number of carboxylic acids is 1. The quantitative estimate of drug-likeness (QED) is 0.616. The summed E-state index contributed by atoms with van der Waals surface area (Å²) in [6, 6.07) is 20.5. The SMILES string of the molecule is O=C(O)[C@H]1[C@@H](OCc2ccccn2)CCN1C(=O)OCC1c2ccccc2-c2ccccc21. The number of likely N-dealkylation sites (tertiary alicyclic amines) is 1. The number of nitrogens with zero attached hydrogens (tertiary/aromatic N) is 2. The number of rotatable bonds is 6. The zero-order valence-corrected chi connectivity index (χ0v) is 18.0. The molecule has 1 saturated heterocycles. The highest BCUT2D eigenvalue weighted by molar-refractivity contribution is 5.82. The molecule has 1 N–H and O–H groups in total. The molecule has 2 heterocycles. The minimum atomic E-state index is -1.10. The molecule has 2 atom stereocenters. The van der Waals surface area contributed by atoms with Gasteiger partial charge in [0.2, 0.25) is 0 Å². The topological polar surface area (TPSA) is 89.0 Å². The van der Waals surface area contributed by atoms with Gasteiger partial charge in [0.25, 0.3) is 0 Å². The van der Waals surface area contributed by atoms with Crippen molar-refractivity contribution in [2.75, 3.05) is 13.2 Å². The van der Waals surface area contributed by atoms with Crippen molar-refractivity contribution in [3.8, 4) is 11.1 Å². The van der Waals surface area contributed by atoms with Crippen LogP contribution in [0.4, 0.5) is 4.79 Å². The lowest BCUT2D eigenvalue weighted by molar-refractivity contribution is -0.146. The van der Waals surface area contributed by atoms with Crippen LogP contribution in [0.1, 0.15) is 29.2 Å². The summed E-state index contributed by atoms with van der Waals surface area (Å²) < 4.78 is 11.5. The van der Waals surface area contributed by atoms with Crippen LogP contribution in [0, 0.1) is 0 Å². The number of amides is 1. The van der Waals surface area contributed by atoms with Gasteiger partial charge in [-0.15, -0.1) is 0 Å². The van der Waals surface area contributed by atoms with Crippen molar-refractivity contribution in [1.29, 1.82) is 0 Å². The lowest BCUT2D eigenvalue weighted by Gasteiger charge is -2.25. The van der Waals surface area contributed by atoms with Crippen LogP contribution < -0.4 is 0 Å². The zero-order valence-electron chi connectivity index (χ0n) is 18.0. The van der Waals surface area contributed by atoms with Gasteiger partial charge in [-0.3, -0.25) is 9.88 Å². The Morgan fingerprint density at radius 1 is 0.970 bits per heavy atom. The third kappa shape index (κ3) is 4.07. The molecule has 7 nitrogen and oxygen atoms in total. The van der Waals surface area contributed by atoms with Crippen LogP contribution in [0.5, 0.6) is 0 Å². The smallest absolute Gasteiger partial charge is 0.410 e. The van der Waals surface area contributed by atoms with Gasteiger partial charge in [-0.2, -0.15) is 0 Å². The van der Waals surface area contributed by atoms with Gasteiger partial charge in [0, 0.05) is 18.7 Å². The molecule has 1 aliphatic carbocycles. The van der Waals surface area contributed by atoms with Gasteiger partial charge < -0.3 is 14.6 Å². The first-order valence-corrected chi connectivity index (χ1v) is 11.0. The molecular formula is C26H24N2O5. The highest BCUT2D eigenvalue weighted by Crippen LogP contribution is 2.44. The normalized spacial score (nSPS) is 19.2. The fraction of sp³-hybridized carbons (Fsp3) is 0.269. The molecule has 0 unspecified atom stereocenters. The number of benzene rings is 2. The molecule has 0 saturated carbocycles. The van der Waals surface area contributed by atoms with E-state index in [4.69, 9.17) is 9.47 Å². The monoisotopic (exact) mass is 444 g/mol. The zero-order chi connectivity index (χ0) is 22.8. The molecule has 7 heteroatoms. The Balaban J connectivity index is 1.26. The molecule has 0 radical (unpaired) electrons. The highest BCUT2D eigenvalue weighted by Gasteiger charge is 2.44. The average Bonchev–Trinajstić information content (AvgIpc) is 3.42. The van der Waals surface area contributed by atoms with E-state index < -0.39 is 24.2 Å². The molecule has 1 aliphatic heterocycles. The van der Waals surface area contributed by atoms with E-state index in [-0.39, 0.29) is 25.7 Å². The summed E-state index contributed by atoms with van der Waals surface area (Å²) in [5, 5.41) is 9.80. The number of carboxylic acid groups (broad SMARTS) is 1. The number of ether oxygens (including phenoxy) is 2. The van der Waals surface area contributed by atoms with Gasteiger partial charge in [0.15, 0.2) is 6.04 Å². The van der Waals surface area contributed by atoms with Gasteiger partial charge in [-0.25, -0.2) is 9.59 Å². The Labute approximate surface area is 191 Å². The molecule has 5 rings (SSSR count). The first kappa shape index (κ1) is 21.2. The van der Waals surface area contributed by atoms with E-state index in [9.17, 15) is 14.7 Å². The van der Waals surface area contributed by atoms with Gasteiger partial charge in [0.05, 0.1) is 18.4 Å². The van der Waals surface area contributed by atoms with Crippen LogP contribution in [0.2, 0.25) is 0 Å². The van der Waals surface area contributed by atoms with E-state index in [0.29, 0.717) is 12.1 Å². The summed E-state index contributed by atoms with van der Waals surface area (Å²) in [4.78, 5) is 30.4. The molecule has 1 aromatic heterocycles. The van der Waals surface area contributed by atoms with E-state index in [1.165, 1.54) is 4.90 Å². The minimum absolute atomic E-state index is 0.0802. The first-order chi connectivity index (χ1) is 16.1. The third-order valence-corrected chi connectivity index (χ3v) is 6.34. The second-order valence-corrected chi connectivity index (χ2v) is 8.24. The van der Waals surface area contributed by atoms with Crippen molar-refractivity contribution >= 4 is 12.1 Å². The largest absolute Gasteiger partial charge is 0.480 e. The molecule has 3 aromatic rings. The number of pyridine rings is 1. The fourth-order valence-electron chi connectivity index (χ4n) is 4.79. The van der Waals surface area contributed by atoms with E-state index in [1.54, 1.807) is 12.3 Å². The number of aliphatic carboxylic acids is 1. The highest BCUT2D eigenvalue weighted by atomic mass is 16.6. The van der Waals surface area contributed by atoms with E-state index >= 15 is 0 Å². The number of carbonyl (C=O) groups excluding carboxylic acids is 1. The average molecular weight is 444 g/mol. The predicted octanol–water partition coefficient (Wildman–Crippen LogP) is 4.07. The maximum Gasteiger partial charge on any atom is 0.410 e. The molecule has 0 spiro atoms. The number of hydrogen-bond acceptors (Lipinski definition) is 5. The first-order valence-electron chi connectivity index (χ1n) is 11.0. The van der Waals surface area contributed by atoms with Crippen molar-refractivity contribution in [3.63, 3.8) is 0 Å². The van der Waals surface area contributed by atoms with Crippen LogP contribution in [0.25, 0.3) is 11.1 Å². The predicted molar refractivity (Wildman–Crippen MR) is 121 cm³/mol.